The topological polar surface area (TPSA) is 21.3 Å². The van der Waals surface area contributed by atoms with Gasteiger partial charge in [-0.2, -0.15) is 0 Å². The molecule has 1 aliphatic carbocycles. The Morgan fingerprint density at radius 3 is 2.43 bits per heavy atom. The van der Waals surface area contributed by atoms with E-state index in [0.717, 1.165) is 25.1 Å². The quantitative estimate of drug-likeness (QED) is 0.901. The fourth-order valence-corrected chi connectivity index (χ4v) is 3.44. The van der Waals surface area contributed by atoms with Gasteiger partial charge in [-0.1, -0.05) is 43.3 Å². The Labute approximate surface area is 127 Å². The zero-order chi connectivity index (χ0) is 14.7. The van der Waals surface area contributed by atoms with Gasteiger partial charge < -0.3 is 10.1 Å². The molecular weight excluding hydrogens is 258 g/mol. The van der Waals surface area contributed by atoms with E-state index < -0.39 is 0 Å². The predicted octanol–water partition coefficient (Wildman–Crippen LogP) is 3.76. The lowest BCUT2D eigenvalue weighted by Gasteiger charge is -2.25. The number of hydrogen-bond donors (Lipinski definition) is 1. The number of hydrogen-bond acceptors (Lipinski definition) is 2. The Balaban J connectivity index is 1.85. The van der Waals surface area contributed by atoms with Crippen molar-refractivity contribution >= 4 is 0 Å². The molecule has 21 heavy (non-hydrogen) atoms. The monoisotopic (exact) mass is 281 g/mol. The highest BCUT2D eigenvalue weighted by Gasteiger charge is 2.29. The van der Waals surface area contributed by atoms with Crippen LogP contribution in [0.15, 0.2) is 48.5 Å². The summed E-state index contributed by atoms with van der Waals surface area (Å²) in [6, 6.07) is 17.7. The Hall–Kier alpha value is -1.80. The second-order valence-corrected chi connectivity index (χ2v) is 5.75. The predicted molar refractivity (Wildman–Crippen MR) is 86.8 cm³/mol. The van der Waals surface area contributed by atoms with Crippen molar-refractivity contribution in [1.29, 1.82) is 0 Å². The van der Waals surface area contributed by atoms with Gasteiger partial charge in [0.2, 0.25) is 0 Å². The lowest BCUT2D eigenvalue weighted by atomic mass is 9.90. The summed E-state index contributed by atoms with van der Waals surface area (Å²) in [5.41, 5.74) is 4.34. The molecule has 0 saturated heterocycles. The van der Waals surface area contributed by atoms with Crippen molar-refractivity contribution in [2.45, 2.75) is 25.8 Å². The van der Waals surface area contributed by atoms with Crippen molar-refractivity contribution in [3.05, 3.63) is 65.2 Å². The molecule has 0 radical (unpaired) electrons. The van der Waals surface area contributed by atoms with E-state index in [2.05, 4.69) is 54.7 Å². The highest BCUT2D eigenvalue weighted by molar-refractivity contribution is 5.36. The van der Waals surface area contributed by atoms with E-state index in [-0.39, 0.29) is 0 Å². The maximum absolute atomic E-state index is 5.38. The molecule has 1 N–H and O–H groups in total. The van der Waals surface area contributed by atoms with Crippen LogP contribution in [0.5, 0.6) is 5.75 Å². The van der Waals surface area contributed by atoms with E-state index in [9.17, 15) is 0 Å². The summed E-state index contributed by atoms with van der Waals surface area (Å²) < 4.78 is 5.38. The van der Waals surface area contributed by atoms with Crippen molar-refractivity contribution in [2.24, 2.45) is 5.92 Å². The molecule has 0 spiro atoms. The second-order valence-electron chi connectivity index (χ2n) is 5.75. The number of fused-ring (bicyclic) bond motifs is 1. The van der Waals surface area contributed by atoms with Gasteiger partial charge in [0.15, 0.2) is 0 Å². The first kappa shape index (κ1) is 14.2. The molecule has 1 atom stereocenters. The summed E-state index contributed by atoms with van der Waals surface area (Å²) in [6.07, 6.45) is 2.32. The molecule has 2 aromatic carbocycles. The SMILES string of the molecule is CCNC(c1cccc(OC)c1)C1Cc2ccccc2C1. The highest BCUT2D eigenvalue weighted by Crippen LogP contribution is 2.36. The van der Waals surface area contributed by atoms with E-state index in [0.29, 0.717) is 12.0 Å². The van der Waals surface area contributed by atoms with Gasteiger partial charge in [0, 0.05) is 6.04 Å². The zero-order valence-electron chi connectivity index (χ0n) is 12.8. The minimum absolute atomic E-state index is 0.387. The third kappa shape index (κ3) is 2.96. The fourth-order valence-electron chi connectivity index (χ4n) is 3.44. The van der Waals surface area contributed by atoms with E-state index in [1.807, 2.05) is 6.07 Å². The minimum atomic E-state index is 0.387. The molecule has 0 aromatic heterocycles. The standard InChI is InChI=1S/C19H23NO/c1-3-20-19(16-9-6-10-18(13-16)21-2)17-11-14-7-4-5-8-15(14)12-17/h4-10,13,17,19-20H,3,11-12H2,1-2H3. The molecule has 0 saturated carbocycles. The summed E-state index contributed by atoms with van der Waals surface area (Å²) in [5, 5.41) is 3.67. The molecule has 2 heteroatoms. The lowest BCUT2D eigenvalue weighted by Crippen LogP contribution is -2.28. The van der Waals surface area contributed by atoms with Crippen LogP contribution < -0.4 is 10.1 Å². The Kier molecular flexibility index (Phi) is 4.26. The molecule has 3 rings (SSSR count). The number of benzene rings is 2. The average molecular weight is 281 g/mol. The van der Waals surface area contributed by atoms with E-state index >= 15 is 0 Å². The summed E-state index contributed by atoms with van der Waals surface area (Å²) in [4.78, 5) is 0. The van der Waals surface area contributed by atoms with Crippen LogP contribution in [0.4, 0.5) is 0 Å². The Morgan fingerprint density at radius 2 is 1.81 bits per heavy atom. The molecule has 0 heterocycles. The first-order valence-corrected chi connectivity index (χ1v) is 7.76. The Bertz CT molecular complexity index is 583. The largest absolute Gasteiger partial charge is 0.497 e. The van der Waals surface area contributed by atoms with Crippen LogP contribution in [0.1, 0.15) is 29.7 Å². The van der Waals surface area contributed by atoms with Crippen molar-refractivity contribution in [1.82, 2.24) is 5.32 Å². The third-order valence-electron chi connectivity index (χ3n) is 4.43. The number of rotatable bonds is 5. The molecular formula is C19H23NO. The van der Waals surface area contributed by atoms with E-state index in [1.54, 1.807) is 7.11 Å². The van der Waals surface area contributed by atoms with Crippen molar-refractivity contribution in [3.8, 4) is 5.75 Å². The minimum Gasteiger partial charge on any atom is -0.497 e. The molecule has 2 aromatic rings. The molecule has 0 bridgehead atoms. The maximum atomic E-state index is 5.38. The van der Waals surface area contributed by atoms with Crippen molar-refractivity contribution in [2.75, 3.05) is 13.7 Å². The van der Waals surface area contributed by atoms with Gasteiger partial charge in [-0.05, 0) is 54.1 Å². The van der Waals surface area contributed by atoms with Gasteiger partial charge in [-0.3, -0.25) is 0 Å². The molecule has 2 nitrogen and oxygen atoms in total. The molecule has 0 aliphatic heterocycles. The molecule has 1 unspecified atom stereocenters. The first-order chi connectivity index (χ1) is 10.3. The summed E-state index contributed by atoms with van der Waals surface area (Å²) in [6.45, 7) is 3.16. The van der Waals surface area contributed by atoms with Gasteiger partial charge in [0.25, 0.3) is 0 Å². The zero-order valence-corrected chi connectivity index (χ0v) is 12.8. The lowest BCUT2D eigenvalue weighted by molar-refractivity contribution is 0.376. The normalized spacial score (nSPS) is 15.7. The van der Waals surface area contributed by atoms with Crippen LogP contribution in [-0.4, -0.2) is 13.7 Å². The summed E-state index contributed by atoms with van der Waals surface area (Å²) in [7, 11) is 1.73. The van der Waals surface area contributed by atoms with Gasteiger partial charge in [-0.15, -0.1) is 0 Å². The van der Waals surface area contributed by atoms with Crippen LogP contribution in [0, 0.1) is 5.92 Å². The maximum Gasteiger partial charge on any atom is 0.119 e. The van der Waals surface area contributed by atoms with Gasteiger partial charge in [-0.25, -0.2) is 0 Å². The summed E-state index contributed by atoms with van der Waals surface area (Å²) >= 11 is 0. The fraction of sp³-hybridized carbons (Fsp3) is 0.368. The van der Waals surface area contributed by atoms with Gasteiger partial charge in [0.05, 0.1) is 7.11 Å². The van der Waals surface area contributed by atoms with Crippen LogP contribution in [0.3, 0.4) is 0 Å². The Morgan fingerprint density at radius 1 is 1.10 bits per heavy atom. The van der Waals surface area contributed by atoms with Crippen LogP contribution in [-0.2, 0) is 12.8 Å². The van der Waals surface area contributed by atoms with Gasteiger partial charge >= 0.3 is 0 Å². The molecule has 0 amide bonds. The van der Waals surface area contributed by atoms with E-state index in [1.165, 1.54) is 16.7 Å². The average Bonchev–Trinajstić information content (AvgIpc) is 2.96. The molecule has 1 aliphatic rings. The van der Waals surface area contributed by atoms with Crippen LogP contribution in [0.25, 0.3) is 0 Å². The smallest absolute Gasteiger partial charge is 0.119 e. The van der Waals surface area contributed by atoms with Crippen molar-refractivity contribution in [3.63, 3.8) is 0 Å². The second kappa shape index (κ2) is 6.31. The van der Waals surface area contributed by atoms with Crippen LogP contribution >= 0.6 is 0 Å². The van der Waals surface area contributed by atoms with Crippen molar-refractivity contribution < 1.29 is 4.74 Å². The highest BCUT2D eigenvalue weighted by atomic mass is 16.5. The van der Waals surface area contributed by atoms with Gasteiger partial charge in [0.1, 0.15) is 5.75 Å². The third-order valence-corrected chi connectivity index (χ3v) is 4.43. The number of nitrogens with one attached hydrogen (secondary N) is 1. The van der Waals surface area contributed by atoms with Crippen LogP contribution in [0.2, 0.25) is 0 Å². The summed E-state index contributed by atoms with van der Waals surface area (Å²) in [5.74, 6) is 1.56. The van der Waals surface area contributed by atoms with E-state index in [4.69, 9.17) is 4.74 Å². The number of ether oxygens (including phenoxy) is 1. The molecule has 110 valence electrons. The number of methoxy groups -OCH3 is 1. The molecule has 0 fully saturated rings. The first-order valence-electron chi connectivity index (χ1n) is 7.76.